The Morgan fingerprint density at radius 2 is 2.28 bits per heavy atom. The van der Waals surface area contributed by atoms with Crippen LogP contribution >= 0.6 is 22.6 Å². The van der Waals surface area contributed by atoms with Crippen molar-refractivity contribution in [3.05, 3.63) is 27.8 Å². The first kappa shape index (κ1) is 15.2. The van der Waals surface area contributed by atoms with Crippen molar-refractivity contribution < 1.29 is 9.53 Å². The smallest absolute Gasteiger partial charge is 0.242 e. The SMILES string of the molecule is COCCCNC(=O)C(C)Nc1cccc(I)c1. The van der Waals surface area contributed by atoms with Gasteiger partial charge in [0.15, 0.2) is 0 Å². The van der Waals surface area contributed by atoms with Crippen LogP contribution in [0.25, 0.3) is 0 Å². The van der Waals surface area contributed by atoms with Gasteiger partial charge >= 0.3 is 0 Å². The van der Waals surface area contributed by atoms with Crippen molar-refractivity contribution in [1.29, 1.82) is 0 Å². The van der Waals surface area contributed by atoms with Gasteiger partial charge in [0.1, 0.15) is 6.04 Å². The number of halogens is 1. The van der Waals surface area contributed by atoms with Crippen LogP contribution in [0.4, 0.5) is 5.69 Å². The molecule has 0 radical (unpaired) electrons. The highest BCUT2D eigenvalue weighted by Crippen LogP contribution is 2.13. The van der Waals surface area contributed by atoms with Gasteiger partial charge in [0.05, 0.1) is 0 Å². The zero-order valence-corrected chi connectivity index (χ0v) is 12.9. The van der Waals surface area contributed by atoms with Gasteiger partial charge in [-0.15, -0.1) is 0 Å². The molecule has 100 valence electrons. The first-order valence-electron chi connectivity index (χ1n) is 5.92. The fourth-order valence-electron chi connectivity index (χ4n) is 1.47. The predicted molar refractivity (Wildman–Crippen MR) is 81.7 cm³/mol. The van der Waals surface area contributed by atoms with E-state index in [2.05, 4.69) is 33.2 Å². The van der Waals surface area contributed by atoms with E-state index < -0.39 is 0 Å². The zero-order valence-electron chi connectivity index (χ0n) is 10.7. The number of ether oxygens (including phenoxy) is 1. The van der Waals surface area contributed by atoms with Crippen molar-refractivity contribution in [2.45, 2.75) is 19.4 Å². The highest BCUT2D eigenvalue weighted by molar-refractivity contribution is 14.1. The van der Waals surface area contributed by atoms with Crippen LogP contribution in [-0.2, 0) is 9.53 Å². The van der Waals surface area contributed by atoms with Crippen LogP contribution in [0.2, 0.25) is 0 Å². The molecule has 0 fully saturated rings. The number of carbonyl (C=O) groups excluding carboxylic acids is 1. The first-order valence-corrected chi connectivity index (χ1v) is 7.00. The molecule has 0 aliphatic rings. The molecule has 1 atom stereocenters. The Balaban J connectivity index is 2.35. The molecular formula is C13H19IN2O2. The van der Waals surface area contributed by atoms with Crippen molar-refractivity contribution in [2.24, 2.45) is 0 Å². The zero-order chi connectivity index (χ0) is 13.4. The third-order valence-corrected chi connectivity index (χ3v) is 3.10. The molecule has 1 amide bonds. The summed E-state index contributed by atoms with van der Waals surface area (Å²) in [7, 11) is 1.66. The van der Waals surface area contributed by atoms with E-state index in [1.54, 1.807) is 7.11 Å². The molecule has 0 bridgehead atoms. The number of anilines is 1. The maximum atomic E-state index is 11.8. The standard InChI is InChI=1S/C13H19IN2O2/c1-10(13(17)15-7-4-8-18-2)16-12-6-3-5-11(14)9-12/h3,5-6,9-10,16H,4,7-8H2,1-2H3,(H,15,17). The second-order valence-corrected chi connectivity index (χ2v) is 5.26. The molecule has 0 heterocycles. The fourth-order valence-corrected chi connectivity index (χ4v) is 2.02. The number of hydrogen-bond donors (Lipinski definition) is 2. The van der Waals surface area contributed by atoms with E-state index in [9.17, 15) is 4.79 Å². The minimum absolute atomic E-state index is 0.00460. The summed E-state index contributed by atoms with van der Waals surface area (Å²) in [4.78, 5) is 11.8. The summed E-state index contributed by atoms with van der Waals surface area (Å²) in [6.07, 6.45) is 0.832. The van der Waals surface area contributed by atoms with Gasteiger partial charge in [-0.05, 0) is 54.1 Å². The van der Waals surface area contributed by atoms with Gasteiger partial charge in [-0.2, -0.15) is 0 Å². The number of rotatable bonds is 7. The minimum atomic E-state index is -0.245. The van der Waals surface area contributed by atoms with E-state index in [0.717, 1.165) is 15.7 Å². The molecular weight excluding hydrogens is 343 g/mol. The van der Waals surface area contributed by atoms with Crippen molar-refractivity contribution in [3.8, 4) is 0 Å². The lowest BCUT2D eigenvalue weighted by atomic mass is 10.2. The van der Waals surface area contributed by atoms with Crippen molar-refractivity contribution in [1.82, 2.24) is 5.32 Å². The Morgan fingerprint density at radius 1 is 1.50 bits per heavy atom. The van der Waals surface area contributed by atoms with Gasteiger partial charge in [-0.3, -0.25) is 4.79 Å². The van der Waals surface area contributed by atoms with Crippen LogP contribution in [0.15, 0.2) is 24.3 Å². The van der Waals surface area contributed by atoms with Gasteiger partial charge in [0.25, 0.3) is 0 Å². The van der Waals surface area contributed by atoms with Crippen LogP contribution in [0.1, 0.15) is 13.3 Å². The van der Waals surface area contributed by atoms with E-state index in [1.165, 1.54) is 0 Å². The lowest BCUT2D eigenvalue weighted by Crippen LogP contribution is -2.38. The summed E-state index contributed by atoms with van der Waals surface area (Å²) in [5.74, 6) is 0.00460. The monoisotopic (exact) mass is 362 g/mol. The molecule has 4 nitrogen and oxygen atoms in total. The normalized spacial score (nSPS) is 11.9. The molecule has 1 aromatic carbocycles. The Bertz CT molecular complexity index is 385. The molecule has 1 unspecified atom stereocenters. The summed E-state index contributed by atoms with van der Waals surface area (Å²) in [6.45, 7) is 3.16. The van der Waals surface area contributed by atoms with Crippen LogP contribution in [0.5, 0.6) is 0 Å². The molecule has 0 saturated heterocycles. The topological polar surface area (TPSA) is 50.4 Å². The molecule has 1 aromatic rings. The van der Waals surface area contributed by atoms with Crippen molar-refractivity contribution >= 4 is 34.2 Å². The molecule has 0 aliphatic carbocycles. The van der Waals surface area contributed by atoms with Crippen molar-refractivity contribution in [2.75, 3.05) is 25.6 Å². The quantitative estimate of drug-likeness (QED) is 0.578. The van der Waals surface area contributed by atoms with E-state index in [1.807, 2.05) is 31.2 Å². The van der Waals surface area contributed by atoms with Crippen LogP contribution < -0.4 is 10.6 Å². The highest BCUT2D eigenvalue weighted by Gasteiger charge is 2.11. The second kappa shape index (κ2) is 8.31. The second-order valence-electron chi connectivity index (χ2n) is 4.01. The number of amides is 1. The average molecular weight is 362 g/mol. The number of hydrogen-bond acceptors (Lipinski definition) is 3. The van der Waals surface area contributed by atoms with Gasteiger partial charge in [0.2, 0.25) is 5.91 Å². The van der Waals surface area contributed by atoms with Crippen LogP contribution in [0, 0.1) is 3.57 Å². The van der Waals surface area contributed by atoms with Gasteiger partial charge < -0.3 is 15.4 Å². The van der Waals surface area contributed by atoms with Gasteiger partial charge in [-0.1, -0.05) is 6.07 Å². The van der Waals surface area contributed by atoms with Gasteiger partial charge in [0, 0.05) is 29.5 Å². The Labute approximate surface area is 122 Å². The third-order valence-electron chi connectivity index (χ3n) is 2.43. The van der Waals surface area contributed by atoms with Gasteiger partial charge in [-0.25, -0.2) is 0 Å². The third kappa shape index (κ3) is 5.68. The summed E-state index contributed by atoms with van der Waals surface area (Å²) < 4.78 is 6.07. The number of methoxy groups -OCH3 is 1. The molecule has 18 heavy (non-hydrogen) atoms. The fraction of sp³-hybridized carbons (Fsp3) is 0.462. The summed E-state index contributed by atoms with van der Waals surface area (Å²) >= 11 is 2.25. The van der Waals surface area contributed by atoms with E-state index in [-0.39, 0.29) is 11.9 Å². The van der Waals surface area contributed by atoms with Crippen LogP contribution in [-0.4, -0.2) is 32.2 Å². The van der Waals surface area contributed by atoms with E-state index >= 15 is 0 Å². The van der Waals surface area contributed by atoms with E-state index in [0.29, 0.717) is 13.2 Å². The number of nitrogens with one attached hydrogen (secondary N) is 2. The summed E-state index contributed by atoms with van der Waals surface area (Å²) in [6, 6.07) is 7.70. The average Bonchev–Trinajstić information content (AvgIpc) is 2.34. The molecule has 1 rings (SSSR count). The van der Waals surface area contributed by atoms with Crippen molar-refractivity contribution in [3.63, 3.8) is 0 Å². The highest BCUT2D eigenvalue weighted by atomic mass is 127. The molecule has 0 spiro atoms. The summed E-state index contributed by atoms with van der Waals surface area (Å²) in [5, 5.41) is 6.04. The maximum Gasteiger partial charge on any atom is 0.242 e. The summed E-state index contributed by atoms with van der Waals surface area (Å²) in [5.41, 5.74) is 0.960. The first-order chi connectivity index (χ1) is 8.63. The number of carbonyl (C=O) groups is 1. The molecule has 0 aromatic heterocycles. The molecule has 5 heteroatoms. The Morgan fingerprint density at radius 3 is 2.94 bits per heavy atom. The van der Waals surface area contributed by atoms with E-state index in [4.69, 9.17) is 4.74 Å². The lowest BCUT2D eigenvalue weighted by molar-refractivity contribution is -0.121. The Kier molecular flexibility index (Phi) is 7.04. The number of benzene rings is 1. The Hall–Kier alpha value is -0.820. The molecule has 2 N–H and O–H groups in total. The van der Waals surface area contributed by atoms with Crippen LogP contribution in [0.3, 0.4) is 0 Å². The molecule has 0 aliphatic heterocycles. The predicted octanol–water partition coefficient (Wildman–Crippen LogP) is 2.24. The molecule has 0 saturated carbocycles. The lowest BCUT2D eigenvalue weighted by Gasteiger charge is -2.15. The largest absolute Gasteiger partial charge is 0.385 e. The minimum Gasteiger partial charge on any atom is -0.385 e. The maximum absolute atomic E-state index is 11.8.